The summed E-state index contributed by atoms with van der Waals surface area (Å²) in [4.78, 5) is 0.317. The van der Waals surface area contributed by atoms with E-state index >= 15 is 0 Å². The summed E-state index contributed by atoms with van der Waals surface area (Å²) in [5.41, 5.74) is 3.02. The maximum absolute atomic E-state index is 13.3. The molecule has 29 heavy (non-hydrogen) atoms. The largest absolute Gasteiger partial charge is 0.497 e. The molecule has 3 aromatic rings. The van der Waals surface area contributed by atoms with Gasteiger partial charge < -0.3 is 4.74 Å². The van der Waals surface area contributed by atoms with Crippen molar-refractivity contribution in [3.8, 4) is 5.75 Å². The van der Waals surface area contributed by atoms with Crippen molar-refractivity contribution in [1.82, 2.24) is 4.31 Å². The maximum Gasteiger partial charge on any atom is 0.244 e. The molecule has 0 aliphatic carbocycles. The Morgan fingerprint density at radius 1 is 0.897 bits per heavy atom. The van der Waals surface area contributed by atoms with Gasteiger partial charge in [-0.3, -0.25) is 0 Å². The molecule has 5 heteroatoms. The Hall–Kier alpha value is -2.89. The number of sulfonamides is 1. The lowest BCUT2D eigenvalue weighted by molar-refractivity contribution is 0.414. The van der Waals surface area contributed by atoms with Crippen LogP contribution in [0.25, 0.3) is 6.08 Å². The summed E-state index contributed by atoms with van der Waals surface area (Å²) in [6.45, 7) is 1.94. The Kier molecular flexibility index (Phi) is 5.26. The summed E-state index contributed by atoms with van der Waals surface area (Å²) < 4.78 is 33.4. The topological polar surface area (TPSA) is 46.4 Å². The Labute approximate surface area is 172 Å². The molecule has 148 valence electrons. The zero-order valence-corrected chi connectivity index (χ0v) is 17.2. The van der Waals surface area contributed by atoms with Crippen LogP contribution in [0.15, 0.2) is 89.8 Å². The normalized spacial score (nSPS) is 21.2. The number of rotatable bonds is 6. The van der Waals surface area contributed by atoms with Crippen molar-refractivity contribution in [2.24, 2.45) is 0 Å². The second-order valence-corrected chi connectivity index (χ2v) is 8.97. The van der Waals surface area contributed by atoms with Gasteiger partial charge in [0.25, 0.3) is 0 Å². The zero-order valence-electron chi connectivity index (χ0n) is 16.4. The lowest BCUT2D eigenvalue weighted by Crippen LogP contribution is -2.14. The number of benzene rings is 3. The average molecular weight is 406 g/mol. The van der Waals surface area contributed by atoms with Gasteiger partial charge in [0.05, 0.1) is 24.1 Å². The third-order valence-electron chi connectivity index (χ3n) is 5.14. The molecule has 1 fully saturated rings. The van der Waals surface area contributed by atoms with Gasteiger partial charge >= 0.3 is 0 Å². The van der Waals surface area contributed by atoms with Crippen molar-refractivity contribution < 1.29 is 13.2 Å². The molecule has 1 aliphatic rings. The minimum atomic E-state index is -3.60. The standard InChI is InChI=1S/C24H23NO3S/c1-18-8-15-22(16-9-18)29(26,27)25-23(17-10-19-6-4-3-5-7-19)24(25)20-11-13-21(28-2)14-12-20/h3-17,23-24H,1-2H3/b17-10+/t23-,24-,25?/m1/s1. The van der Waals surface area contributed by atoms with Crippen molar-refractivity contribution in [3.05, 3.63) is 102 Å². The minimum Gasteiger partial charge on any atom is -0.497 e. The molecule has 1 saturated heterocycles. The fourth-order valence-corrected chi connectivity index (χ4v) is 5.20. The van der Waals surface area contributed by atoms with Crippen molar-refractivity contribution in [1.29, 1.82) is 0 Å². The van der Waals surface area contributed by atoms with E-state index in [-0.39, 0.29) is 12.1 Å². The van der Waals surface area contributed by atoms with Crippen LogP contribution in [0.4, 0.5) is 0 Å². The first-order chi connectivity index (χ1) is 14.0. The highest BCUT2D eigenvalue weighted by molar-refractivity contribution is 7.89. The summed E-state index contributed by atoms with van der Waals surface area (Å²) in [6.07, 6.45) is 3.95. The number of hydrogen-bond acceptors (Lipinski definition) is 3. The van der Waals surface area contributed by atoms with Crippen LogP contribution in [-0.2, 0) is 10.0 Å². The number of methoxy groups -OCH3 is 1. The first kappa shape index (κ1) is 19.4. The maximum atomic E-state index is 13.3. The van der Waals surface area contributed by atoms with Gasteiger partial charge in [-0.05, 0) is 42.3 Å². The van der Waals surface area contributed by atoms with Gasteiger partial charge in [-0.15, -0.1) is 0 Å². The van der Waals surface area contributed by atoms with E-state index in [9.17, 15) is 8.42 Å². The summed E-state index contributed by atoms with van der Waals surface area (Å²) in [5.74, 6) is 0.749. The molecular formula is C24H23NO3S. The SMILES string of the molecule is COc1ccc([C@@H]2[C@@H](/C=C/c3ccccc3)N2S(=O)(=O)c2ccc(C)cc2)cc1. The van der Waals surface area contributed by atoms with Crippen LogP contribution in [0.2, 0.25) is 0 Å². The molecule has 0 bridgehead atoms. The lowest BCUT2D eigenvalue weighted by atomic mass is 10.1. The first-order valence-corrected chi connectivity index (χ1v) is 10.9. The first-order valence-electron chi connectivity index (χ1n) is 9.48. The molecule has 4 rings (SSSR count). The summed E-state index contributed by atoms with van der Waals surface area (Å²) in [5, 5.41) is 0. The van der Waals surface area contributed by atoms with Crippen LogP contribution >= 0.6 is 0 Å². The molecule has 0 saturated carbocycles. The van der Waals surface area contributed by atoms with Gasteiger partial charge in [-0.2, -0.15) is 4.31 Å². The predicted molar refractivity (Wildman–Crippen MR) is 115 cm³/mol. The molecule has 0 aromatic heterocycles. The summed E-state index contributed by atoms with van der Waals surface area (Å²) >= 11 is 0. The highest BCUT2D eigenvalue weighted by Crippen LogP contribution is 2.48. The van der Waals surface area contributed by atoms with E-state index in [0.29, 0.717) is 4.90 Å². The third-order valence-corrected chi connectivity index (χ3v) is 7.03. The number of hydrogen-bond donors (Lipinski definition) is 0. The quantitative estimate of drug-likeness (QED) is 0.552. The second kappa shape index (κ2) is 7.85. The van der Waals surface area contributed by atoms with E-state index < -0.39 is 10.0 Å². The molecule has 3 atom stereocenters. The molecule has 0 radical (unpaired) electrons. The summed E-state index contributed by atoms with van der Waals surface area (Å²) in [7, 11) is -1.98. The average Bonchev–Trinajstić information content (AvgIpc) is 3.49. The predicted octanol–water partition coefficient (Wildman–Crippen LogP) is 4.83. The van der Waals surface area contributed by atoms with Crippen molar-refractivity contribution in [2.75, 3.05) is 7.11 Å². The van der Waals surface area contributed by atoms with E-state index in [4.69, 9.17) is 4.74 Å². The monoisotopic (exact) mass is 405 g/mol. The van der Waals surface area contributed by atoms with Gasteiger partial charge in [0, 0.05) is 0 Å². The fourth-order valence-electron chi connectivity index (χ4n) is 3.48. The van der Waals surface area contributed by atoms with Crippen LogP contribution < -0.4 is 4.74 Å². The highest BCUT2D eigenvalue weighted by Gasteiger charge is 2.54. The molecule has 4 nitrogen and oxygen atoms in total. The molecule has 1 heterocycles. The van der Waals surface area contributed by atoms with E-state index in [1.807, 2.05) is 85.8 Å². The Morgan fingerprint density at radius 2 is 1.55 bits per heavy atom. The van der Waals surface area contributed by atoms with Crippen LogP contribution in [-0.4, -0.2) is 25.9 Å². The van der Waals surface area contributed by atoms with E-state index in [0.717, 1.165) is 22.4 Å². The number of nitrogens with zero attached hydrogens (tertiary/aromatic N) is 1. The zero-order chi connectivity index (χ0) is 20.4. The lowest BCUT2D eigenvalue weighted by Gasteiger charge is -2.07. The van der Waals surface area contributed by atoms with Gasteiger partial charge in [0.1, 0.15) is 5.75 Å². The fraction of sp³-hybridized carbons (Fsp3) is 0.167. The van der Waals surface area contributed by atoms with Crippen molar-refractivity contribution >= 4 is 16.1 Å². The van der Waals surface area contributed by atoms with E-state index in [2.05, 4.69) is 0 Å². The van der Waals surface area contributed by atoms with Crippen LogP contribution in [0, 0.1) is 6.92 Å². The Morgan fingerprint density at radius 3 is 2.17 bits per heavy atom. The molecule has 0 N–H and O–H groups in total. The Balaban J connectivity index is 1.68. The molecule has 1 aliphatic heterocycles. The van der Waals surface area contributed by atoms with Crippen molar-refractivity contribution in [3.63, 3.8) is 0 Å². The number of aryl methyl sites for hydroxylation is 1. The van der Waals surface area contributed by atoms with Crippen molar-refractivity contribution in [2.45, 2.75) is 23.9 Å². The Bertz CT molecular complexity index is 1110. The second-order valence-electron chi connectivity index (χ2n) is 7.13. The van der Waals surface area contributed by atoms with Crippen LogP contribution in [0.3, 0.4) is 0 Å². The molecular weight excluding hydrogens is 382 g/mol. The number of ether oxygens (including phenoxy) is 1. The van der Waals surface area contributed by atoms with Gasteiger partial charge in [-0.25, -0.2) is 8.42 Å². The minimum absolute atomic E-state index is 0.227. The smallest absolute Gasteiger partial charge is 0.244 e. The summed E-state index contributed by atoms with van der Waals surface area (Å²) in [6, 6.07) is 24.0. The third kappa shape index (κ3) is 3.97. The van der Waals surface area contributed by atoms with Crippen LogP contribution in [0.1, 0.15) is 22.7 Å². The molecule has 1 unspecified atom stereocenters. The molecule has 0 amide bonds. The van der Waals surface area contributed by atoms with Gasteiger partial charge in [-0.1, -0.05) is 72.3 Å². The van der Waals surface area contributed by atoms with Gasteiger partial charge in [0.15, 0.2) is 0 Å². The van der Waals surface area contributed by atoms with E-state index in [1.54, 1.807) is 23.5 Å². The highest BCUT2D eigenvalue weighted by atomic mass is 32.2. The molecule has 3 aromatic carbocycles. The van der Waals surface area contributed by atoms with Crippen LogP contribution in [0.5, 0.6) is 5.75 Å². The molecule has 0 spiro atoms. The van der Waals surface area contributed by atoms with E-state index in [1.165, 1.54) is 0 Å². The van der Waals surface area contributed by atoms with Gasteiger partial charge in [0.2, 0.25) is 10.0 Å².